The quantitative estimate of drug-likeness (QED) is 0.703. The first-order valence-electron chi connectivity index (χ1n) is 6.31. The number of carboxylic acid groups (broad SMARTS) is 1. The summed E-state index contributed by atoms with van der Waals surface area (Å²) in [7, 11) is 1.52. The van der Waals surface area contributed by atoms with Crippen LogP contribution in [0.25, 0.3) is 0 Å². The Hall–Kier alpha value is -1.14. The fourth-order valence-electron chi connectivity index (χ4n) is 2.33. The van der Waals surface area contributed by atoms with Gasteiger partial charge in [-0.05, 0) is 12.8 Å². The zero-order valence-electron chi connectivity index (χ0n) is 10.8. The van der Waals surface area contributed by atoms with Crippen molar-refractivity contribution in [2.24, 2.45) is 11.7 Å². The first-order chi connectivity index (χ1) is 8.56. The van der Waals surface area contributed by atoms with Crippen LogP contribution in [0.2, 0.25) is 0 Å². The van der Waals surface area contributed by atoms with Gasteiger partial charge in [0.05, 0.1) is 12.5 Å². The van der Waals surface area contributed by atoms with Crippen molar-refractivity contribution in [1.29, 1.82) is 0 Å². The van der Waals surface area contributed by atoms with E-state index in [0.717, 1.165) is 25.7 Å². The van der Waals surface area contributed by atoms with Crippen molar-refractivity contribution in [3.8, 4) is 0 Å². The van der Waals surface area contributed by atoms with Crippen LogP contribution in [0.1, 0.15) is 25.7 Å². The topological polar surface area (TPSA) is 92.9 Å². The highest BCUT2D eigenvalue weighted by Crippen LogP contribution is 2.24. The maximum Gasteiger partial charge on any atom is 0.323 e. The molecule has 6 heteroatoms. The van der Waals surface area contributed by atoms with Crippen molar-refractivity contribution in [2.75, 3.05) is 26.8 Å². The second-order valence-electron chi connectivity index (χ2n) is 4.70. The minimum absolute atomic E-state index is 0.148. The molecule has 0 aromatic rings. The first-order valence-corrected chi connectivity index (χ1v) is 6.31. The van der Waals surface area contributed by atoms with Crippen molar-refractivity contribution < 1.29 is 19.4 Å². The van der Waals surface area contributed by atoms with Crippen molar-refractivity contribution in [2.45, 2.75) is 31.7 Å². The molecule has 104 valence electrons. The minimum Gasteiger partial charge on any atom is -0.480 e. The normalized spacial score (nSPS) is 23.7. The van der Waals surface area contributed by atoms with Gasteiger partial charge < -0.3 is 20.5 Å². The summed E-state index contributed by atoms with van der Waals surface area (Å²) < 4.78 is 4.90. The van der Waals surface area contributed by atoms with E-state index >= 15 is 0 Å². The molecule has 1 amide bonds. The Labute approximate surface area is 107 Å². The number of carboxylic acids is 1. The number of rotatable bonds is 6. The molecule has 1 aliphatic carbocycles. The molecule has 1 rings (SSSR count). The monoisotopic (exact) mass is 258 g/mol. The molecule has 0 saturated heterocycles. The molecular weight excluding hydrogens is 236 g/mol. The van der Waals surface area contributed by atoms with Crippen LogP contribution < -0.4 is 5.73 Å². The van der Waals surface area contributed by atoms with Gasteiger partial charge in [0, 0.05) is 19.7 Å². The number of carbonyl (C=O) groups is 2. The highest BCUT2D eigenvalue weighted by Gasteiger charge is 2.32. The Morgan fingerprint density at radius 3 is 2.61 bits per heavy atom. The third-order valence-corrected chi connectivity index (χ3v) is 3.34. The van der Waals surface area contributed by atoms with Gasteiger partial charge in [0.25, 0.3) is 0 Å². The van der Waals surface area contributed by atoms with Crippen molar-refractivity contribution in [1.82, 2.24) is 4.90 Å². The van der Waals surface area contributed by atoms with Gasteiger partial charge in [0.1, 0.15) is 6.54 Å². The molecule has 6 nitrogen and oxygen atoms in total. The lowest BCUT2D eigenvalue weighted by Crippen LogP contribution is -2.48. The maximum atomic E-state index is 12.3. The Kier molecular flexibility index (Phi) is 6.07. The predicted molar refractivity (Wildman–Crippen MR) is 66.0 cm³/mol. The second-order valence-corrected chi connectivity index (χ2v) is 4.70. The van der Waals surface area contributed by atoms with Crippen LogP contribution in [0.4, 0.5) is 0 Å². The van der Waals surface area contributed by atoms with Gasteiger partial charge in [0.2, 0.25) is 5.91 Å². The molecule has 0 aromatic heterocycles. The van der Waals surface area contributed by atoms with Gasteiger partial charge in [-0.15, -0.1) is 0 Å². The summed E-state index contributed by atoms with van der Waals surface area (Å²) in [6, 6.07) is -0.148. The molecule has 1 saturated carbocycles. The average molecular weight is 258 g/mol. The summed E-state index contributed by atoms with van der Waals surface area (Å²) in [6.07, 6.45) is 3.61. The van der Waals surface area contributed by atoms with Crippen molar-refractivity contribution >= 4 is 11.9 Å². The molecule has 0 aliphatic heterocycles. The van der Waals surface area contributed by atoms with E-state index in [-0.39, 0.29) is 24.4 Å². The summed E-state index contributed by atoms with van der Waals surface area (Å²) in [5.74, 6) is -1.40. The molecule has 1 fully saturated rings. The molecular formula is C12H22N2O4. The molecule has 0 bridgehead atoms. The number of carbonyl (C=O) groups excluding carboxylic acids is 1. The molecule has 0 heterocycles. The van der Waals surface area contributed by atoms with E-state index in [1.807, 2.05) is 0 Å². The Morgan fingerprint density at radius 1 is 1.39 bits per heavy atom. The van der Waals surface area contributed by atoms with Crippen molar-refractivity contribution in [3.63, 3.8) is 0 Å². The number of amides is 1. The number of nitrogens with zero attached hydrogens (tertiary/aromatic N) is 1. The Balaban J connectivity index is 2.63. The lowest BCUT2D eigenvalue weighted by molar-refractivity contribution is -0.147. The van der Waals surface area contributed by atoms with Crippen LogP contribution >= 0.6 is 0 Å². The summed E-state index contributed by atoms with van der Waals surface area (Å²) in [5, 5.41) is 8.83. The fourth-order valence-corrected chi connectivity index (χ4v) is 2.33. The highest BCUT2D eigenvalue weighted by molar-refractivity contribution is 5.83. The summed E-state index contributed by atoms with van der Waals surface area (Å²) >= 11 is 0. The minimum atomic E-state index is -1.01. The molecule has 2 atom stereocenters. The average Bonchev–Trinajstić information content (AvgIpc) is 2.34. The molecule has 0 radical (unpaired) electrons. The van der Waals surface area contributed by atoms with Crippen LogP contribution in [-0.4, -0.2) is 54.7 Å². The lowest BCUT2D eigenvalue weighted by atomic mass is 9.84. The van der Waals surface area contributed by atoms with E-state index in [4.69, 9.17) is 15.6 Å². The fraction of sp³-hybridized carbons (Fsp3) is 0.833. The molecule has 1 aliphatic rings. The zero-order chi connectivity index (χ0) is 13.5. The number of ether oxygens (including phenoxy) is 1. The van der Waals surface area contributed by atoms with Gasteiger partial charge >= 0.3 is 5.97 Å². The van der Waals surface area contributed by atoms with Crippen molar-refractivity contribution in [3.05, 3.63) is 0 Å². The molecule has 2 unspecified atom stereocenters. The third-order valence-electron chi connectivity index (χ3n) is 3.34. The van der Waals surface area contributed by atoms with E-state index in [0.29, 0.717) is 13.2 Å². The van der Waals surface area contributed by atoms with Gasteiger partial charge in [-0.3, -0.25) is 9.59 Å². The predicted octanol–water partition coefficient (Wildman–Crippen LogP) is 0.0635. The standard InChI is InChI=1S/C12H22N2O4/c1-18-7-6-14(8-11(15)16)12(17)9-4-2-3-5-10(9)13/h9-10H,2-8,13H2,1H3,(H,15,16). The number of hydrogen-bond donors (Lipinski definition) is 2. The number of hydrogen-bond acceptors (Lipinski definition) is 4. The van der Waals surface area contributed by atoms with Gasteiger partial charge in [-0.2, -0.15) is 0 Å². The SMILES string of the molecule is COCCN(CC(=O)O)C(=O)C1CCCCC1N. The van der Waals surface area contributed by atoms with Crippen LogP contribution in [0.15, 0.2) is 0 Å². The Morgan fingerprint density at radius 2 is 2.06 bits per heavy atom. The number of nitrogens with two attached hydrogens (primary N) is 1. The molecule has 18 heavy (non-hydrogen) atoms. The van der Waals surface area contributed by atoms with Gasteiger partial charge in [0.15, 0.2) is 0 Å². The van der Waals surface area contributed by atoms with E-state index in [9.17, 15) is 9.59 Å². The highest BCUT2D eigenvalue weighted by atomic mass is 16.5. The lowest BCUT2D eigenvalue weighted by Gasteiger charge is -2.32. The molecule has 0 spiro atoms. The van der Waals surface area contributed by atoms with E-state index in [2.05, 4.69) is 0 Å². The smallest absolute Gasteiger partial charge is 0.323 e. The zero-order valence-corrected chi connectivity index (χ0v) is 10.8. The van der Waals surface area contributed by atoms with E-state index in [1.165, 1.54) is 12.0 Å². The van der Waals surface area contributed by atoms with E-state index in [1.54, 1.807) is 0 Å². The number of aliphatic carboxylic acids is 1. The largest absolute Gasteiger partial charge is 0.480 e. The first kappa shape index (κ1) is 14.9. The maximum absolute atomic E-state index is 12.3. The van der Waals surface area contributed by atoms with Crippen LogP contribution in [0, 0.1) is 5.92 Å². The summed E-state index contributed by atoms with van der Waals surface area (Å²) in [4.78, 5) is 24.4. The van der Waals surface area contributed by atoms with Crippen LogP contribution in [0.3, 0.4) is 0 Å². The molecule has 0 aromatic carbocycles. The third kappa shape index (κ3) is 4.27. The second kappa shape index (κ2) is 7.33. The Bertz CT molecular complexity index is 296. The van der Waals surface area contributed by atoms with Crippen LogP contribution in [0.5, 0.6) is 0 Å². The summed E-state index contributed by atoms with van der Waals surface area (Å²) in [6.45, 7) is 0.344. The van der Waals surface area contributed by atoms with E-state index < -0.39 is 5.97 Å². The number of methoxy groups -OCH3 is 1. The molecule has 3 N–H and O–H groups in total. The van der Waals surface area contributed by atoms with Gasteiger partial charge in [-0.1, -0.05) is 12.8 Å². The summed E-state index contributed by atoms with van der Waals surface area (Å²) in [5.41, 5.74) is 5.95. The van der Waals surface area contributed by atoms with Gasteiger partial charge in [-0.25, -0.2) is 0 Å². The van der Waals surface area contributed by atoms with Crippen LogP contribution in [-0.2, 0) is 14.3 Å².